The van der Waals surface area contributed by atoms with Crippen LogP contribution in [0, 0.1) is 5.92 Å². The lowest BCUT2D eigenvalue weighted by atomic mass is 10.0. The summed E-state index contributed by atoms with van der Waals surface area (Å²) in [5.41, 5.74) is 2.62. The van der Waals surface area contributed by atoms with E-state index < -0.39 is 6.04 Å². The van der Waals surface area contributed by atoms with Crippen LogP contribution in [-0.2, 0) is 9.53 Å². The van der Waals surface area contributed by atoms with E-state index >= 15 is 0 Å². The molecular weight excluding hydrogens is 314 g/mol. The van der Waals surface area contributed by atoms with Gasteiger partial charge in [-0.1, -0.05) is 13.8 Å². The van der Waals surface area contributed by atoms with Gasteiger partial charge in [0.15, 0.2) is 0 Å². The molecule has 1 N–H and O–H groups in total. The molecule has 0 bridgehead atoms. The minimum atomic E-state index is -0.505. The second-order valence-corrected chi connectivity index (χ2v) is 7.33. The Labute approximate surface area is 140 Å². The van der Waals surface area contributed by atoms with Crippen molar-refractivity contribution in [3.63, 3.8) is 0 Å². The highest BCUT2D eigenvalue weighted by molar-refractivity contribution is 7.11. The van der Waals surface area contributed by atoms with Crippen LogP contribution in [0.25, 0.3) is 0 Å². The zero-order valence-corrected chi connectivity index (χ0v) is 14.4. The van der Waals surface area contributed by atoms with E-state index in [1.54, 1.807) is 10.4 Å². The molecule has 0 aromatic carbocycles. The van der Waals surface area contributed by atoms with Crippen LogP contribution in [0.15, 0.2) is 5.51 Å². The smallest absolute Gasteiger partial charge is 0.263 e. The van der Waals surface area contributed by atoms with Gasteiger partial charge < -0.3 is 15.0 Å². The van der Waals surface area contributed by atoms with Crippen molar-refractivity contribution in [3.8, 4) is 0 Å². The number of carbonyl (C=O) groups excluding carboxylic acids is 2. The Bertz CT molecular complexity index is 577. The van der Waals surface area contributed by atoms with Gasteiger partial charge in [0, 0.05) is 19.0 Å². The van der Waals surface area contributed by atoms with E-state index in [-0.39, 0.29) is 17.7 Å². The summed E-state index contributed by atoms with van der Waals surface area (Å²) in [6.45, 7) is 6.21. The summed E-state index contributed by atoms with van der Waals surface area (Å²) >= 11 is 1.36. The first-order valence-corrected chi connectivity index (χ1v) is 9.06. The number of nitrogens with zero attached hydrogens (tertiary/aromatic N) is 2. The van der Waals surface area contributed by atoms with Crippen LogP contribution in [0.5, 0.6) is 0 Å². The maximum atomic E-state index is 12.7. The van der Waals surface area contributed by atoms with Gasteiger partial charge in [0.1, 0.15) is 10.9 Å². The fourth-order valence-corrected chi connectivity index (χ4v) is 3.55. The molecule has 2 heterocycles. The van der Waals surface area contributed by atoms with E-state index in [4.69, 9.17) is 4.74 Å². The molecule has 1 aromatic rings. The molecule has 7 heteroatoms. The molecule has 2 amide bonds. The van der Waals surface area contributed by atoms with Gasteiger partial charge in [-0.3, -0.25) is 9.59 Å². The fraction of sp³-hybridized carbons (Fsp3) is 0.688. The average molecular weight is 337 g/mol. The number of thiazole rings is 1. The molecule has 0 radical (unpaired) electrons. The number of aromatic nitrogens is 1. The first kappa shape index (κ1) is 16.4. The molecule has 23 heavy (non-hydrogen) atoms. The van der Waals surface area contributed by atoms with Gasteiger partial charge in [0.25, 0.3) is 5.91 Å². The highest BCUT2D eigenvalue weighted by atomic mass is 32.1. The summed E-state index contributed by atoms with van der Waals surface area (Å²) in [5, 5.41) is 2.94. The van der Waals surface area contributed by atoms with E-state index in [1.807, 2.05) is 13.8 Å². The number of amides is 2. The van der Waals surface area contributed by atoms with Crippen molar-refractivity contribution >= 4 is 23.2 Å². The Balaban J connectivity index is 1.69. The highest BCUT2D eigenvalue weighted by Gasteiger charge is 2.34. The van der Waals surface area contributed by atoms with Crippen molar-refractivity contribution < 1.29 is 14.3 Å². The molecule has 2 aliphatic rings. The van der Waals surface area contributed by atoms with Crippen LogP contribution in [0.1, 0.15) is 48.0 Å². The van der Waals surface area contributed by atoms with Crippen LogP contribution in [0.2, 0.25) is 0 Å². The van der Waals surface area contributed by atoms with E-state index in [1.165, 1.54) is 11.3 Å². The van der Waals surface area contributed by atoms with Crippen LogP contribution in [-0.4, -0.2) is 54.0 Å². The quantitative estimate of drug-likeness (QED) is 0.886. The fourth-order valence-electron chi connectivity index (χ4n) is 2.77. The molecule has 3 rings (SSSR count). The first-order chi connectivity index (χ1) is 11.1. The Morgan fingerprint density at radius 2 is 2.04 bits per heavy atom. The third kappa shape index (κ3) is 3.72. The van der Waals surface area contributed by atoms with Crippen molar-refractivity contribution in [1.82, 2.24) is 15.2 Å². The first-order valence-electron chi connectivity index (χ1n) is 8.18. The second kappa shape index (κ2) is 6.97. The summed E-state index contributed by atoms with van der Waals surface area (Å²) in [7, 11) is 0. The monoisotopic (exact) mass is 337 g/mol. The lowest BCUT2D eigenvalue weighted by molar-refractivity contribution is -0.138. The summed E-state index contributed by atoms with van der Waals surface area (Å²) in [6, 6.07) is -0.505. The molecule has 1 aliphatic carbocycles. The molecule has 1 atom stereocenters. The van der Waals surface area contributed by atoms with Gasteiger partial charge in [-0.15, -0.1) is 11.3 Å². The predicted octanol–water partition coefficient (Wildman–Crippen LogP) is 1.63. The number of morpholine rings is 1. The number of carbonyl (C=O) groups is 2. The largest absolute Gasteiger partial charge is 0.378 e. The third-order valence-electron chi connectivity index (χ3n) is 4.31. The Morgan fingerprint density at radius 3 is 2.65 bits per heavy atom. The lowest BCUT2D eigenvalue weighted by Crippen LogP contribution is -2.53. The van der Waals surface area contributed by atoms with Gasteiger partial charge in [0.05, 0.1) is 24.4 Å². The van der Waals surface area contributed by atoms with Crippen LogP contribution in [0.3, 0.4) is 0 Å². The molecule has 2 fully saturated rings. The third-order valence-corrected chi connectivity index (χ3v) is 5.15. The van der Waals surface area contributed by atoms with Gasteiger partial charge in [-0.05, 0) is 18.8 Å². The topological polar surface area (TPSA) is 71.5 Å². The molecule has 1 saturated carbocycles. The maximum Gasteiger partial charge on any atom is 0.263 e. The summed E-state index contributed by atoms with van der Waals surface area (Å²) in [6.07, 6.45) is 2.20. The lowest BCUT2D eigenvalue weighted by Gasteiger charge is -2.32. The number of ether oxygens (including phenoxy) is 1. The van der Waals surface area contributed by atoms with Crippen molar-refractivity contribution in [2.45, 2.75) is 38.6 Å². The highest BCUT2D eigenvalue weighted by Crippen LogP contribution is 2.41. The summed E-state index contributed by atoms with van der Waals surface area (Å²) < 4.78 is 5.29. The standard InChI is InChI=1S/C16H23N3O3S/c1-10(2)12(16(21)19-5-7-22-8-6-19)18-15(20)14-13(11-3-4-11)17-9-23-14/h9-12H,3-8H2,1-2H3,(H,18,20). The minimum Gasteiger partial charge on any atom is -0.378 e. The maximum absolute atomic E-state index is 12.7. The molecule has 1 unspecified atom stereocenters. The zero-order chi connectivity index (χ0) is 16.4. The Hall–Kier alpha value is -1.47. The van der Waals surface area contributed by atoms with Gasteiger partial charge >= 0.3 is 0 Å². The summed E-state index contributed by atoms with van der Waals surface area (Å²) in [5.74, 6) is 0.268. The molecule has 0 spiro atoms. The number of hydrogen-bond acceptors (Lipinski definition) is 5. The number of nitrogens with one attached hydrogen (secondary N) is 1. The van der Waals surface area contributed by atoms with Crippen LogP contribution >= 0.6 is 11.3 Å². The molecule has 1 aliphatic heterocycles. The van der Waals surface area contributed by atoms with E-state index in [0.717, 1.165) is 18.5 Å². The Kier molecular flexibility index (Phi) is 4.96. The number of hydrogen-bond donors (Lipinski definition) is 1. The zero-order valence-electron chi connectivity index (χ0n) is 13.6. The SMILES string of the molecule is CC(C)C(NC(=O)c1scnc1C1CC1)C(=O)N1CCOCC1. The van der Waals surface area contributed by atoms with Crippen molar-refractivity contribution in [1.29, 1.82) is 0 Å². The van der Waals surface area contributed by atoms with Gasteiger partial charge in [-0.25, -0.2) is 4.98 Å². The van der Waals surface area contributed by atoms with E-state index in [0.29, 0.717) is 37.1 Å². The van der Waals surface area contributed by atoms with E-state index in [2.05, 4.69) is 10.3 Å². The minimum absolute atomic E-state index is 0.0193. The normalized spacial score (nSPS) is 19.7. The second-order valence-electron chi connectivity index (χ2n) is 6.47. The predicted molar refractivity (Wildman–Crippen MR) is 87.6 cm³/mol. The summed E-state index contributed by atoms with van der Waals surface area (Å²) in [4.78, 5) is 32.1. The van der Waals surface area contributed by atoms with Crippen molar-refractivity contribution in [2.75, 3.05) is 26.3 Å². The van der Waals surface area contributed by atoms with Crippen LogP contribution in [0.4, 0.5) is 0 Å². The molecule has 1 saturated heterocycles. The van der Waals surface area contributed by atoms with Crippen LogP contribution < -0.4 is 5.32 Å². The molecule has 6 nitrogen and oxygen atoms in total. The number of rotatable bonds is 5. The van der Waals surface area contributed by atoms with E-state index in [9.17, 15) is 9.59 Å². The van der Waals surface area contributed by atoms with Crippen molar-refractivity contribution in [2.24, 2.45) is 5.92 Å². The molecular formula is C16H23N3O3S. The Morgan fingerprint density at radius 1 is 1.35 bits per heavy atom. The van der Waals surface area contributed by atoms with Crippen molar-refractivity contribution in [3.05, 3.63) is 16.1 Å². The van der Waals surface area contributed by atoms with Gasteiger partial charge in [0.2, 0.25) is 5.91 Å². The average Bonchev–Trinajstić information content (AvgIpc) is 3.29. The molecule has 126 valence electrons. The van der Waals surface area contributed by atoms with Gasteiger partial charge in [-0.2, -0.15) is 0 Å². The molecule has 1 aromatic heterocycles.